The van der Waals surface area contributed by atoms with Crippen molar-refractivity contribution in [3.63, 3.8) is 0 Å². The Kier molecular flexibility index (Phi) is 2.60. The van der Waals surface area contributed by atoms with E-state index in [9.17, 15) is 0 Å². The lowest BCUT2D eigenvalue weighted by Gasteiger charge is -1.98. The molecule has 0 aromatic carbocycles. The molecule has 0 atom stereocenters. The van der Waals surface area contributed by atoms with Crippen LogP contribution in [-0.2, 0) is 6.54 Å². The zero-order valence-corrected chi connectivity index (χ0v) is 6.44. The largest absolute Gasteiger partial charge is 0.409 e. The van der Waals surface area contributed by atoms with Crippen LogP contribution in [0.5, 0.6) is 0 Å². The van der Waals surface area contributed by atoms with Crippen molar-refractivity contribution in [3.05, 3.63) is 29.6 Å². The van der Waals surface area contributed by atoms with Crippen LogP contribution in [0.1, 0.15) is 11.3 Å². The van der Waals surface area contributed by atoms with Gasteiger partial charge in [0, 0.05) is 12.7 Å². The quantitative estimate of drug-likeness (QED) is 0.242. The number of nitrogens with zero attached hydrogens (tertiary/aromatic N) is 2. The Morgan fingerprint density at radius 2 is 2.33 bits per heavy atom. The molecule has 1 rings (SSSR count). The maximum Gasteiger partial charge on any atom is 0.188 e. The molecule has 0 radical (unpaired) electrons. The highest BCUT2D eigenvalue weighted by Crippen LogP contribution is 1.98. The Bertz CT molecular complexity index is 280. The van der Waals surface area contributed by atoms with Gasteiger partial charge in [-0.25, -0.2) is 0 Å². The Balaban J connectivity index is 2.92. The van der Waals surface area contributed by atoms with Gasteiger partial charge in [-0.1, -0.05) is 11.2 Å². The van der Waals surface area contributed by atoms with E-state index in [-0.39, 0.29) is 5.84 Å². The summed E-state index contributed by atoms with van der Waals surface area (Å²) in [4.78, 5) is 3.92. The second-order valence-corrected chi connectivity index (χ2v) is 2.24. The van der Waals surface area contributed by atoms with Crippen LogP contribution in [0.3, 0.4) is 0 Å². The van der Waals surface area contributed by atoms with Gasteiger partial charge in [0.1, 0.15) is 5.69 Å². The van der Waals surface area contributed by atoms with E-state index in [0.717, 1.165) is 5.56 Å². The molecular formula is C7H10N4O. The van der Waals surface area contributed by atoms with Crippen molar-refractivity contribution in [2.24, 2.45) is 16.6 Å². The number of hydrogen-bond acceptors (Lipinski definition) is 4. The lowest BCUT2D eigenvalue weighted by Crippen LogP contribution is -2.15. The van der Waals surface area contributed by atoms with Crippen LogP contribution in [-0.4, -0.2) is 16.0 Å². The van der Waals surface area contributed by atoms with Crippen molar-refractivity contribution in [2.75, 3.05) is 0 Å². The Hall–Kier alpha value is -1.62. The average molecular weight is 166 g/mol. The van der Waals surface area contributed by atoms with Gasteiger partial charge < -0.3 is 16.7 Å². The van der Waals surface area contributed by atoms with Gasteiger partial charge in [0.25, 0.3) is 0 Å². The second-order valence-electron chi connectivity index (χ2n) is 2.24. The number of aromatic nitrogens is 1. The first-order valence-corrected chi connectivity index (χ1v) is 3.41. The monoisotopic (exact) mass is 166 g/mol. The van der Waals surface area contributed by atoms with E-state index < -0.39 is 0 Å². The molecule has 0 bridgehead atoms. The Morgan fingerprint density at radius 1 is 1.58 bits per heavy atom. The van der Waals surface area contributed by atoms with Crippen LogP contribution in [0.15, 0.2) is 23.5 Å². The van der Waals surface area contributed by atoms with Gasteiger partial charge in [-0.15, -0.1) is 0 Å². The van der Waals surface area contributed by atoms with E-state index in [2.05, 4.69) is 10.1 Å². The fourth-order valence-corrected chi connectivity index (χ4v) is 0.748. The van der Waals surface area contributed by atoms with E-state index in [1.165, 1.54) is 0 Å². The molecule has 0 amide bonds. The average Bonchev–Trinajstić information content (AvgIpc) is 2.17. The Labute approximate surface area is 69.7 Å². The molecule has 5 heteroatoms. The summed E-state index contributed by atoms with van der Waals surface area (Å²) in [6.07, 6.45) is 1.59. The van der Waals surface area contributed by atoms with Crippen molar-refractivity contribution in [1.29, 1.82) is 0 Å². The minimum atomic E-state index is -0.00132. The zero-order chi connectivity index (χ0) is 8.97. The first-order chi connectivity index (χ1) is 5.77. The van der Waals surface area contributed by atoms with E-state index in [4.69, 9.17) is 16.7 Å². The minimum absolute atomic E-state index is 0.00132. The van der Waals surface area contributed by atoms with Crippen LogP contribution in [0.4, 0.5) is 0 Å². The van der Waals surface area contributed by atoms with Crippen LogP contribution < -0.4 is 11.5 Å². The van der Waals surface area contributed by atoms with Crippen molar-refractivity contribution >= 4 is 5.84 Å². The molecule has 0 unspecified atom stereocenters. The third-order valence-electron chi connectivity index (χ3n) is 1.43. The predicted molar refractivity (Wildman–Crippen MR) is 44.6 cm³/mol. The highest BCUT2D eigenvalue weighted by atomic mass is 16.4. The summed E-state index contributed by atoms with van der Waals surface area (Å²) in [7, 11) is 0. The van der Waals surface area contributed by atoms with Gasteiger partial charge in [-0.3, -0.25) is 4.98 Å². The van der Waals surface area contributed by atoms with Gasteiger partial charge in [-0.2, -0.15) is 0 Å². The molecule has 0 spiro atoms. The highest BCUT2D eigenvalue weighted by Gasteiger charge is 1.98. The van der Waals surface area contributed by atoms with Crippen LogP contribution >= 0.6 is 0 Å². The summed E-state index contributed by atoms with van der Waals surface area (Å²) in [6.45, 7) is 0.434. The molecule has 0 saturated carbocycles. The van der Waals surface area contributed by atoms with Gasteiger partial charge >= 0.3 is 0 Å². The van der Waals surface area contributed by atoms with Crippen LogP contribution in [0, 0.1) is 0 Å². The number of oxime groups is 1. The Morgan fingerprint density at radius 3 is 2.75 bits per heavy atom. The van der Waals surface area contributed by atoms with Gasteiger partial charge in [0.2, 0.25) is 0 Å². The summed E-state index contributed by atoms with van der Waals surface area (Å²) in [5.41, 5.74) is 12.0. The molecule has 0 aliphatic heterocycles. The SMILES string of the molecule is NCc1ccc(/C(N)=N/O)nc1. The van der Waals surface area contributed by atoms with Crippen LogP contribution in [0.2, 0.25) is 0 Å². The number of amidine groups is 1. The van der Waals surface area contributed by atoms with Crippen LogP contribution in [0.25, 0.3) is 0 Å². The number of hydrogen-bond donors (Lipinski definition) is 3. The zero-order valence-electron chi connectivity index (χ0n) is 6.44. The molecule has 5 nitrogen and oxygen atoms in total. The molecule has 5 N–H and O–H groups in total. The smallest absolute Gasteiger partial charge is 0.188 e. The predicted octanol–water partition coefficient (Wildman–Crippen LogP) is -0.365. The van der Waals surface area contributed by atoms with Gasteiger partial charge in [0.05, 0.1) is 0 Å². The molecule has 1 aromatic heterocycles. The maximum atomic E-state index is 8.31. The van der Waals surface area contributed by atoms with E-state index in [0.29, 0.717) is 12.2 Å². The fraction of sp³-hybridized carbons (Fsp3) is 0.143. The van der Waals surface area contributed by atoms with Crippen molar-refractivity contribution in [3.8, 4) is 0 Å². The fourth-order valence-electron chi connectivity index (χ4n) is 0.748. The summed E-state index contributed by atoms with van der Waals surface area (Å²) >= 11 is 0. The van der Waals surface area contributed by atoms with Crippen molar-refractivity contribution in [2.45, 2.75) is 6.54 Å². The van der Waals surface area contributed by atoms with Crippen molar-refractivity contribution < 1.29 is 5.21 Å². The molecule has 0 fully saturated rings. The van der Waals surface area contributed by atoms with E-state index >= 15 is 0 Å². The normalized spacial score (nSPS) is 11.6. The molecule has 0 saturated heterocycles. The number of pyridine rings is 1. The summed E-state index contributed by atoms with van der Waals surface area (Å²) in [5, 5.41) is 11.1. The summed E-state index contributed by atoms with van der Waals surface area (Å²) in [6, 6.07) is 3.43. The molecule has 0 aliphatic rings. The molecular weight excluding hydrogens is 156 g/mol. The third-order valence-corrected chi connectivity index (χ3v) is 1.43. The van der Waals surface area contributed by atoms with Gasteiger partial charge in [-0.05, 0) is 11.6 Å². The highest BCUT2D eigenvalue weighted by molar-refractivity contribution is 5.95. The first-order valence-electron chi connectivity index (χ1n) is 3.41. The lowest BCUT2D eigenvalue weighted by molar-refractivity contribution is 0.318. The third kappa shape index (κ3) is 1.70. The number of rotatable bonds is 2. The maximum absolute atomic E-state index is 8.31. The van der Waals surface area contributed by atoms with Gasteiger partial charge in [0.15, 0.2) is 5.84 Å². The van der Waals surface area contributed by atoms with E-state index in [1.807, 2.05) is 0 Å². The van der Waals surface area contributed by atoms with Crippen molar-refractivity contribution in [1.82, 2.24) is 4.98 Å². The minimum Gasteiger partial charge on any atom is -0.409 e. The number of nitrogens with two attached hydrogens (primary N) is 2. The lowest BCUT2D eigenvalue weighted by atomic mass is 10.2. The summed E-state index contributed by atoms with van der Waals surface area (Å²) in [5.74, 6) is -0.00132. The topological polar surface area (TPSA) is 97.5 Å². The molecule has 64 valence electrons. The standard InChI is InChI=1S/C7H10N4O/c8-3-5-1-2-6(10-4-5)7(9)11-12/h1-2,4,12H,3,8H2,(H2,9,11). The van der Waals surface area contributed by atoms with E-state index in [1.54, 1.807) is 18.3 Å². The molecule has 12 heavy (non-hydrogen) atoms. The molecule has 0 aliphatic carbocycles. The first kappa shape index (κ1) is 8.48. The second kappa shape index (κ2) is 3.68. The summed E-state index contributed by atoms with van der Waals surface area (Å²) < 4.78 is 0. The molecule has 1 heterocycles. The molecule has 1 aromatic rings.